The smallest absolute Gasteiger partial charge is 0.273 e. The van der Waals surface area contributed by atoms with E-state index in [1.165, 1.54) is 12.7 Å². The first-order valence-electron chi connectivity index (χ1n) is 7.93. The molecule has 1 atom stereocenters. The summed E-state index contributed by atoms with van der Waals surface area (Å²) < 4.78 is 5.27. The van der Waals surface area contributed by atoms with Crippen molar-refractivity contribution in [2.45, 2.75) is 32.3 Å². The number of hydrazone groups is 1. The van der Waals surface area contributed by atoms with Crippen LogP contribution in [0.2, 0.25) is 0 Å². The summed E-state index contributed by atoms with van der Waals surface area (Å²) in [6, 6.07) is 17.5. The summed E-state index contributed by atoms with van der Waals surface area (Å²) in [5.74, 6) is -0.300. The lowest BCUT2D eigenvalue weighted by Crippen LogP contribution is -2.26. The molecule has 0 spiro atoms. The van der Waals surface area contributed by atoms with Crippen molar-refractivity contribution >= 4 is 12.1 Å². The van der Waals surface area contributed by atoms with Crippen LogP contribution >= 0.6 is 0 Å². The van der Waals surface area contributed by atoms with Crippen LogP contribution in [-0.4, -0.2) is 19.2 Å². The highest BCUT2D eigenvalue weighted by Gasteiger charge is 2.19. The molecule has 24 heavy (non-hydrogen) atoms. The number of nitrogens with zero attached hydrogens (tertiary/aromatic N) is 1. The van der Waals surface area contributed by atoms with Crippen LogP contribution in [0.5, 0.6) is 0 Å². The highest BCUT2D eigenvalue weighted by atomic mass is 16.5. The summed E-state index contributed by atoms with van der Waals surface area (Å²) in [6.07, 6.45) is 0.953. The number of hydrogen-bond donors (Lipinski definition) is 1. The monoisotopic (exact) mass is 324 g/mol. The van der Waals surface area contributed by atoms with Gasteiger partial charge < -0.3 is 4.74 Å². The van der Waals surface area contributed by atoms with Gasteiger partial charge in [0.15, 0.2) is 6.10 Å². The van der Waals surface area contributed by atoms with E-state index in [0.717, 1.165) is 11.1 Å². The van der Waals surface area contributed by atoms with Gasteiger partial charge in [-0.15, -0.1) is 0 Å². The van der Waals surface area contributed by atoms with E-state index in [0.29, 0.717) is 0 Å². The molecule has 0 saturated carbocycles. The van der Waals surface area contributed by atoms with Crippen molar-refractivity contribution in [3.05, 3.63) is 71.3 Å². The number of hydrogen-bond acceptors (Lipinski definition) is 3. The van der Waals surface area contributed by atoms with Gasteiger partial charge in [-0.1, -0.05) is 75.4 Å². The molecular weight excluding hydrogens is 300 g/mol. The Morgan fingerprint density at radius 1 is 1.08 bits per heavy atom. The first kappa shape index (κ1) is 17.9. The molecule has 0 aliphatic carbocycles. The molecule has 0 heterocycles. The van der Waals surface area contributed by atoms with E-state index < -0.39 is 6.10 Å². The third-order valence-corrected chi connectivity index (χ3v) is 3.74. The highest BCUT2D eigenvalue weighted by Crippen LogP contribution is 2.21. The summed E-state index contributed by atoms with van der Waals surface area (Å²) in [7, 11) is 1.51. The molecule has 0 fully saturated rings. The minimum atomic E-state index is -0.674. The van der Waals surface area contributed by atoms with Crippen molar-refractivity contribution in [3.63, 3.8) is 0 Å². The summed E-state index contributed by atoms with van der Waals surface area (Å²) >= 11 is 0. The van der Waals surface area contributed by atoms with Gasteiger partial charge in [-0.3, -0.25) is 4.79 Å². The van der Waals surface area contributed by atoms with Crippen molar-refractivity contribution in [3.8, 4) is 0 Å². The summed E-state index contributed by atoms with van der Waals surface area (Å²) in [6.45, 7) is 6.51. The van der Waals surface area contributed by atoms with Crippen molar-refractivity contribution in [1.82, 2.24) is 5.43 Å². The van der Waals surface area contributed by atoms with Crippen LogP contribution in [-0.2, 0) is 14.9 Å². The van der Waals surface area contributed by atoms with E-state index in [4.69, 9.17) is 4.74 Å². The molecule has 126 valence electrons. The van der Waals surface area contributed by atoms with Crippen LogP contribution in [0.4, 0.5) is 0 Å². The Morgan fingerprint density at radius 3 is 2.25 bits per heavy atom. The maximum Gasteiger partial charge on any atom is 0.273 e. The van der Waals surface area contributed by atoms with Gasteiger partial charge in [-0.05, 0) is 22.1 Å². The predicted molar refractivity (Wildman–Crippen MR) is 97.1 cm³/mol. The van der Waals surface area contributed by atoms with Crippen LogP contribution in [0.15, 0.2) is 59.7 Å². The van der Waals surface area contributed by atoms with Gasteiger partial charge >= 0.3 is 0 Å². The summed E-state index contributed by atoms with van der Waals surface area (Å²) in [4.78, 5) is 12.2. The van der Waals surface area contributed by atoms with Crippen LogP contribution < -0.4 is 5.43 Å². The third-order valence-electron chi connectivity index (χ3n) is 3.74. The number of nitrogens with one attached hydrogen (secondary N) is 1. The van der Waals surface area contributed by atoms with Gasteiger partial charge in [-0.2, -0.15) is 5.10 Å². The zero-order valence-corrected chi connectivity index (χ0v) is 14.6. The van der Waals surface area contributed by atoms with Crippen LogP contribution in [0.3, 0.4) is 0 Å². The number of amides is 1. The largest absolute Gasteiger partial charge is 0.367 e. The average molecular weight is 324 g/mol. The summed E-state index contributed by atoms with van der Waals surface area (Å²) in [5, 5.41) is 4.02. The van der Waals surface area contributed by atoms with Gasteiger partial charge in [-0.25, -0.2) is 5.43 Å². The zero-order valence-electron chi connectivity index (χ0n) is 14.6. The third kappa shape index (κ3) is 4.77. The van der Waals surface area contributed by atoms with E-state index in [2.05, 4.69) is 43.4 Å². The maximum absolute atomic E-state index is 12.2. The fraction of sp³-hybridized carbons (Fsp3) is 0.300. The van der Waals surface area contributed by atoms with E-state index in [1.807, 2.05) is 42.5 Å². The predicted octanol–water partition coefficient (Wildman–Crippen LogP) is 3.82. The molecule has 2 aromatic rings. The Labute approximate surface area is 143 Å². The first-order chi connectivity index (χ1) is 11.4. The van der Waals surface area contributed by atoms with Crippen LogP contribution in [0.1, 0.15) is 43.6 Å². The Kier molecular flexibility index (Phi) is 5.88. The quantitative estimate of drug-likeness (QED) is 0.671. The molecule has 0 aliphatic heterocycles. The second kappa shape index (κ2) is 7.88. The minimum absolute atomic E-state index is 0.116. The van der Waals surface area contributed by atoms with Crippen molar-refractivity contribution in [2.75, 3.05) is 7.11 Å². The average Bonchev–Trinajstić information content (AvgIpc) is 2.56. The van der Waals surface area contributed by atoms with E-state index in [-0.39, 0.29) is 11.3 Å². The van der Waals surface area contributed by atoms with Gasteiger partial charge in [0.1, 0.15) is 0 Å². The lowest BCUT2D eigenvalue weighted by molar-refractivity contribution is -0.131. The Balaban J connectivity index is 1.99. The molecule has 2 rings (SSSR count). The van der Waals surface area contributed by atoms with Crippen molar-refractivity contribution < 1.29 is 9.53 Å². The molecule has 0 aliphatic rings. The molecule has 1 amide bonds. The number of carbonyl (C=O) groups excluding carboxylic acids is 1. The van der Waals surface area contributed by atoms with E-state index in [1.54, 1.807) is 6.21 Å². The van der Waals surface area contributed by atoms with E-state index in [9.17, 15) is 4.79 Å². The normalized spacial score (nSPS) is 13.0. The number of benzene rings is 2. The summed E-state index contributed by atoms with van der Waals surface area (Å²) in [5.41, 5.74) is 5.63. The topological polar surface area (TPSA) is 50.7 Å². The van der Waals surface area contributed by atoms with Gasteiger partial charge in [0, 0.05) is 7.11 Å². The Morgan fingerprint density at radius 2 is 1.71 bits per heavy atom. The molecule has 0 saturated heterocycles. The standard InChI is InChI=1S/C20H24N2O2/c1-20(2,3)17-12-10-15(11-13-17)14-21-22-19(23)18(24-4)16-8-6-5-7-9-16/h5-14,18H,1-4H3,(H,22,23)/b21-14-/t18-/m1/s1. The molecule has 0 radical (unpaired) electrons. The minimum Gasteiger partial charge on any atom is -0.367 e. The molecule has 4 nitrogen and oxygen atoms in total. The van der Waals surface area contributed by atoms with Crippen LogP contribution in [0, 0.1) is 0 Å². The molecule has 0 unspecified atom stereocenters. The Bertz CT molecular complexity index is 686. The van der Waals surface area contributed by atoms with Gasteiger partial charge in [0.05, 0.1) is 6.21 Å². The van der Waals surface area contributed by atoms with E-state index >= 15 is 0 Å². The molecule has 1 N–H and O–H groups in total. The maximum atomic E-state index is 12.2. The number of methoxy groups -OCH3 is 1. The molecule has 4 heteroatoms. The van der Waals surface area contributed by atoms with Crippen LogP contribution in [0.25, 0.3) is 0 Å². The van der Waals surface area contributed by atoms with Crippen molar-refractivity contribution in [2.24, 2.45) is 5.10 Å². The zero-order chi connectivity index (χ0) is 17.6. The molecular formula is C20H24N2O2. The molecule has 0 bridgehead atoms. The lowest BCUT2D eigenvalue weighted by atomic mass is 9.87. The highest BCUT2D eigenvalue weighted by molar-refractivity contribution is 5.85. The number of ether oxygens (including phenoxy) is 1. The fourth-order valence-corrected chi connectivity index (χ4v) is 2.32. The number of rotatable bonds is 5. The molecule has 2 aromatic carbocycles. The Hall–Kier alpha value is -2.46. The second-order valence-electron chi connectivity index (χ2n) is 6.63. The fourth-order valence-electron chi connectivity index (χ4n) is 2.32. The van der Waals surface area contributed by atoms with Crippen molar-refractivity contribution in [1.29, 1.82) is 0 Å². The van der Waals surface area contributed by atoms with Gasteiger partial charge in [0.2, 0.25) is 0 Å². The first-order valence-corrected chi connectivity index (χ1v) is 7.93. The molecule has 0 aromatic heterocycles. The van der Waals surface area contributed by atoms with Gasteiger partial charge in [0.25, 0.3) is 5.91 Å². The SMILES string of the molecule is CO[C@@H](C(=O)N/N=C\c1ccc(C(C)(C)C)cc1)c1ccccc1. The second-order valence-corrected chi connectivity index (χ2v) is 6.63. The lowest BCUT2D eigenvalue weighted by Gasteiger charge is -2.18. The number of carbonyl (C=O) groups is 1.